The molecule has 0 unspecified atom stereocenters. The molecule has 0 aliphatic carbocycles. The van der Waals surface area contributed by atoms with E-state index in [0.717, 1.165) is 26.3 Å². The predicted molar refractivity (Wildman–Crippen MR) is 85.1 cm³/mol. The van der Waals surface area contributed by atoms with Crippen LogP contribution in [-0.2, 0) is 0 Å². The Labute approximate surface area is 126 Å². The highest BCUT2D eigenvalue weighted by molar-refractivity contribution is 9.10. The average molecular weight is 333 g/mol. The van der Waals surface area contributed by atoms with Gasteiger partial charge in [-0.1, -0.05) is 28.1 Å². The lowest BCUT2D eigenvalue weighted by molar-refractivity contribution is 1.34. The zero-order valence-electron chi connectivity index (χ0n) is 10.7. The van der Waals surface area contributed by atoms with Gasteiger partial charge < -0.3 is 5.32 Å². The monoisotopic (exact) mass is 332 g/mol. The third-order valence-corrected chi connectivity index (χ3v) is 4.53. The van der Waals surface area contributed by atoms with E-state index in [2.05, 4.69) is 27.3 Å². The third kappa shape index (κ3) is 2.94. The highest BCUT2D eigenvalue weighted by Gasteiger charge is 2.09. The Bertz CT molecular complexity index is 647. The van der Waals surface area contributed by atoms with E-state index < -0.39 is 0 Å². The van der Waals surface area contributed by atoms with Crippen LogP contribution >= 0.6 is 27.7 Å². The summed E-state index contributed by atoms with van der Waals surface area (Å²) in [5.74, 6) is 0. The first-order chi connectivity index (χ1) is 9.17. The van der Waals surface area contributed by atoms with Gasteiger partial charge in [-0.3, -0.25) is 0 Å². The number of benzene rings is 2. The van der Waals surface area contributed by atoms with Crippen LogP contribution in [0.1, 0.15) is 11.1 Å². The SMILES string of the molecule is CSc1cccc(Nc2cccc(Br)c2C)c1C#N. The van der Waals surface area contributed by atoms with E-state index in [0.29, 0.717) is 5.56 Å². The summed E-state index contributed by atoms with van der Waals surface area (Å²) in [6.45, 7) is 2.04. The molecule has 0 bridgehead atoms. The summed E-state index contributed by atoms with van der Waals surface area (Å²) in [5, 5.41) is 12.7. The first kappa shape index (κ1) is 14.0. The van der Waals surface area contributed by atoms with Crippen molar-refractivity contribution in [1.29, 1.82) is 5.26 Å². The van der Waals surface area contributed by atoms with Gasteiger partial charge in [-0.25, -0.2) is 0 Å². The molecule has 2 aromatic carbocycles. The Morgan fingerprint density at radius 2 is 1.84 bits per heavy atom. The number of nitrogens with one attached hydrogen (secondary N) is 1. The molecule has 96 valence electrons. The summed E-state index contributed by atoms with van der Waals surface area (Å²) in [6.07, 6.45) is 1.98. The summed E-state index contributed by atoms with van der Waals surface area (Å²) in [5.41, 5.74) is 3.66. The Kier molecular flexibility index (Phi) is 4.52. The van der Waals surface area contributed by atoms with Gasteiger partial charge in [0.15, 0.2) is 0 Å². The van der Waals surface area contributed by atoms with E-state index >= 15 is 0 Å². The van der Waals surface area contributed by atoms with Crippen molar-refractivity contribution in [2.24, 2.45) is 0 Å². The predicted octanol–water partition coefficient (Wildman–Crippen LogP) is 5.09. The quantitative estimate of drug-likeness (QED) is 0.794. The van der Waals surface area contributed by atoms with Gasteiger partial charge in [0, 0.05) is 15.1 Å². The normalized spacial score (nSPS) is 10.0. The summed E-state index contributed by atoms with van der Waals surface area (Å²) in [7, 11) is 0. The van der Waals surface area contributed by atoms with E-state index in [1.165, 1.54) is 0 Å². The van der Waals surface area contributed by atoms with Crippen LogP contribution in [0.15, 0.2) is 45.8 Å². The van der Waals surface area contributed by atoms with Crippen molar-refractivity contribution in [2.45, 2.75) is 11.8 Å². The first-order valence-corrected chi connectivity index (χ1v) is 7.78. The van der Waals surface area contributed by atoms with Gasteiger partial charge in [-0.05, 0) is 43.0 Å². The van der Waals surface area contributed by atoms with Crippen LogP contribution in [0.3, 0.4) is 0 Å². The zero-order chi connectivity index (χ0) is 13.8. The molecule has 0 spiro atoms. The topological polar surface area (TPSA) is 35.8 Å². The average Bonchev–Trinajstić information content (AvgIpc) is 2.43. The van der Waals surface area contributed by atoms with E-state index in [1.807, 2.05) is 49.6 Å². The largest absolute Gasteiger partial charge is 0.354 e. The van der Waals surface area contributed by atoms with Gasteiger partial charge in [0.1, 0.15) is 6.07 Å². The second-order valence-electron chi connectivity index (χ2n) is 4.03. The summed E-state index contributed by atoms with van der Waals surface area (Å²) < 4.78 is 1.05. The molecule has 2 rings (SSSR count). The maximum Gasteiger partial charge on any atom is 0.103 e. The van der Waals surface area contributed by atoms with E-state index in [9.17, 15) is 5.26 Å². The standard InChI is InChI=1S/C15H13BrN2S/c1-10-12(16)5-3-6-13(10)18-14-7-4-8-15(19-2)11(14)9-17/h3-8,18H,1-2H3. The molecule has 0 aliphatic rings. The summed E-state index contributed by atoms with van der Waals surface area (Å²) >= 11 is 5.09. The van der Waals surface area contributed by atoms with E-state index in [1.54, 1.807) is 11.8 Å². The molecular formula is C15H13BrN2S. The van der Waals surface area contributed by atoms with Crippen LogP contribution in [0, 0.1) is 18.3 Å². The minimum Gasteiger partial charge on any atom is -0.354 e. The Morgan fingerprint density at radius 3 is 2.53 bits per heavy atom. The number of anilines is 2. The van der Waals surface area contributed by atoms with E-state index in [4.69, 9.17) is 0 Å². The van der Waals surface area contributed by atoms with Gasteiger partial charge in [0.05, 0.1) is 11.3 Å². The molecule has 0 heterocycles. The maximum atomic E-state index is 9.32. The molecule has 2 aromatic rings. The zero-order valence-corrected chi connectivity index (χ0v) is 13.1. The smallest absolute Gasteiger partial charge is 0.103 e. The number of hydrogen-bond acceptors (Lipinski definition) is 3. The van der Waals surface area contributed by atoms with Crippen LogP contribution in [0.2, 0.25) is 0 Å². The number of hydrogen-bond donors (Lipinski definition) is 1. The van der Waals surface area contributed by atoms with Gasteiger partial charge >= 0.3 is 0 Å². The van der Waals surface area contributed by atoms with Crippen molar-refractivity contribution >= 4 is 39.1 Å². The molecule has 0 saturated carbocycles. The van der Waals surface area contributed by atoms with Crippen molar-refractivity contribution < 1.29 is 0 Å². The summed E-state index contributed by atoms with van der Waals surface area (Å²) in [6, 6.07) is 14.1. The molecule has 0 atom stereocenters. The maximum absolute atomic E-state index is 9.32. The summed E-state index contributed by atoms with van der Waals surface area (Å²) in [4.78, 5) is 0.986. The van der Waals surface area contributed by atoms with Crippen molar-refractivity contribution in [3.63, 3.8) is 0 Å². The number of nitriles is 1. The van der Waals surface area contributed by atoms with Crippen LogP contribution in [0.4, 0.5) is 11.4 Å². The molecular weight excluding hydrogens is 320 g/mol. The van der Waals surface area contributed by atoms with Gasteiger partial charge in [-0.15, -0.1) is 11.8 Å². The number of halogens is 1. The van der Waals surface area contributed by atoms with Gasteiger partial charge in [-0.2, -0.15) is 5.26 Å². The molecule has 4 heteroatoms. The van der Waals surface area contributed by atoms with E-state index in [-0.39, 0.29) is 0 Å². The lowest BCUT2D eigenvalue weighted by Crippen LogP contribution is -1.97. The van der Waals surface area contributed by atoms with Crippen molar-refractivity contribution in [3.05, 3.63) is 52.0 Å². The molecule has 0 saturated heterocycles. The number of thioether (sulfide) groups is 1. The molecule has 0 fully saturated rings. The fraction of sp³-hybridized carbons (Fsp3) is 0.133. The fourth-order valence-electron chi connectivity index (χ4n) is 1.81. The lowest BCUT2D eigenvalue weighted by Gasteiger charge is -2.13. The minimum atomic E-state index is 0.689. The first-order valence-electron chi connectivity index (χ1n) is 5.76. The highest BCUT2D eigenvalue weighted by Crippen LogP contribution is 2.31. The fourth-order valence-corrected chi connectivity index (χ4v) is 2.75. The molecule has 2 nitrogen and oxygen atoms in total. The Hall–Kier alpha value is -1.44. The van der Waals surface area contributed by atoms with Gasteiger partial charge in [0.25, 0.3) is 0 Å². The van der Waals surface area contributed by atoms with Crippen LogP contribution in [0.25, 0.3) is 0 Å². The van der Waals surface area contributed by atoms with Crippen molar-refractivity contribution in [1.82, 2.24) is 0 Å². The van der Waals surface area contributed by atoms with Crippen LogP contribution in [-0.4, -0.2) is 6.26 Å². The second-order valence-corrected chi connectivity index (χ2v) is 5.73. The second kappa shape index (κ2) is 6.14. The lowest BCUT2D eigenvalue weighted by atomic mass is 10.1. The van der Waals surface area contributed by atoms with Crippen LogP contribution < -0.4 is 5.32 Å². The number of rotatable bonds is 3. The third-order valence-electron chi connectivity index (χ3n) is 2.89. The van der Waals surface area contributed by atoms with Gasteiger partial charge in [0.2, 0.25) is 0 Å². The highest BCUT2D eigenvalue weighted by atomic mass is 79.9. The molecule has 19 heavy (non-hydrogen) atoms. The molecule has 0 aliphatic heterocycles. The minimum absolute atomic E-state index is 0.689. The molecule has 1 N–H and O–H groups in total. The molecule has 0 aromatic heterocycles. The van der Waals surface area contributed by atoms with Crippen LogP contribution in [0.5, 0.6) is 0 Å². The number of nitrogens with zero attached hydrogens (tertiary/aromatic N) is 1. The molecule has 0 radical (unpaired) electrons. The molecule has 0 amide bonds. The van der Waals surface area contributed by atoms with Crippen molar-refractivity contribution in [3.8, 4) is 6.07 Å². The Morgan fingerprint density at radius 1 is 1.16 bits per heavy atom. The van der Waals surface area contributed by atoms with Crippen molar-refractivity contribution in [2.75, 3.05) is 11.6 Å². The Balaban J connectivity index is 2.44.